The Kier molecular flexibility index (Phi) is 3.08. The summed E-state index contributed by atoms with van der Waals surface area (Å²) in [6.07, 6.45) is 2.07. The number of hydrogen-bond acceptors (Lipinski definition) is 4. The molecule has 102 valence electrons. The SMILES string of the molecule is O=C(O)c1c(Cl)cc(Cl)nc1N1CCNCC12CC2. The second-order valence-corrected chi connectivity index (χ2v) is 5.78. The first-order valence-corrected chi connectivity index (χ1v) is 6.87. The lowest BCUT2D eigenvalue weighted by Crippen LogP contribution is -2.54. The predicted molar refractivity (Wildman–Crippen MR) is 73.4 cm³/mol. The summed E-state index contributed by atoms with van der Waals surface area (Å²) >= 11 is 11.9. The van der Waals surface area contributed by atoms with Gasteiger partial charge >= 0.3 is 5.97 Å². The smallest absolute Gasteiger partial charge is 0.341 e. The Bertz CT molecular complexity index is 546. The number of rotatable bonds is 2. The molecule has 0 radical (unpaired) electrons. The van der Waals surface area contributed by atoms with Gasteiger partial charge in [-0.2, -0.15) is 0 Å². The summed E-state index contributed by atoms with van der Waals surface area (Å²) in [6.45, 7) is 2.36. The second-order valence-electron chi connectivity index (χ2n) is 4.98. The number of pyridine rings is 1. The molecule has 0 unspecified atom stereocenters. The van der Waals surface area contributed by atoms with Gasteiger partial charge in [0.2, 0.25) is 0 Å². The lowest BCUT2D eigenvalue weighted by Gasteiger charge is -2.38. The highest BCUT2D eigenvalue weighted by atomic mass is 35.5. The first kappa shape index (κ1) is 13.0. The van der Waals surface area contributed by atoms with E-state index in [-0.39, 0.29) is 21.3 Å². The van der Waals surface area contributed by atoms with Crippen molar-refractivity contribution in [2.75, 3.05) is 24.5 Å². The third-order valence-corrected chi connectivity index (χ3v) is 4.25. The molecule has 2 aliphatic rings. The van der Waals surface area contributed by atoms with E-state index in [0.29, 0.717) is 12.4 Å². The van der Waals surface area contributed by atoms with Gasteiger partial charge in [0.25, 0.3) is 0 Å². The van der Waals surface area contributed by atoms with Crippen molar-refractivity contribution in [3.63, 3.8) is 0 Å². The highest BCUT2D eigenvalue weighted by Crippen LogP contribution is 2.46. The first-order valence-electron chi connectivity index (χ1n) is 6.11. The molecule has 2 N–H and O–H groups in total. The topological polar surface area (TPSA) is 65.5 Å². The van der Waals surface area contributed by atoms with Gasteiger partial charge in [-0.05, 0) is 18.9 Å². The molecule has 2 fully saturated rings. The molecule has 0 amide bonds. The van der Waals surface area contributed by atoms with Crippen molar-refractivity contribution >= 4 is 35.0 Å². The first-order chi connectivity index (χ1) is 9.03. The molecule has 1 aliphatic heterocycles. The van der Waals surface area contributed by atoms with Crippen molar-refractivity contribution < 1.29 is 9.90 Å². The molecule has 0 bridgehead atoms. The molecule has 1 aliphatic carbocycles. The van der Waals surface area contributed by atoms with Crippen LogP contribution in [0.2, 0.25) is 10.2 Å². The van der Waals surface area contributed by atoms with Crippen LogP contribution in [0.15, 0.2) is 6.07 Å². The van der Waals surface area contributed by atoms with Crippen LogP contribution in [0.25, 0.3) is 0 Å². The zero-order valence-corrected chi connectivity index (χ0v) is 11.6. The van der Waals surface area contributed by atoms with Gasteiger partial charge in [-0.1, -0.05) is 23.2 Å². The lowest BCUT2D eigenvalue weighted by atomic mass is 10.1. The summed E-state index contributed by atoms with van der Waals surface area (Å²) in [5, 5.41) is 13.0. The van der Waals surface area contributed by atoms with E-state index in [0.717, 1.165) is 25.9 Å². The van der Waals surface area contributed by atoms with Crippen molar-refractivity contribution in [3.05, 3.63) is 21.8 Å². The summed E-state index contributed by atoms with van der Waals surface area (Å²) in [5.41, 5.74) is 0.0305. The minimum Gasteiger partial charge on any atom is -0.478 e. The molecule has 1 saturated heterocycles. The van der Waals surface area contributed by atoms with Gasteiger partial charge in [0.15, 0.2) is 0 Å². The number of aromatic carboxylic acids is 1. The Labute approximate surface area is 120 Å². The van der Waals surface area contributed by atoms with Gasteiger partial charge < -0.3 is 15.3 Å². The van der Waals surface area contributed by atoms with Crippen molar-refractivity contribution in [1.82, 2.24) is 10.3 Å². The fraction of sp³-hybridized carbons (Fsp3) is 0.500. The average Bonchev–Trinajstić information content (AvgIpc) is 3.08. The molecular weight excluding hydrogens is 289 g/mol. The van der Waals surface area contributed by atoms with Crippen molar-refractivity contribution in [2.45, 2.75) is 18.4 Å². The van der Waals surface area contributed by atoms with Crippen LogP contribution in [-0.4, -0.2) is 41.2 Å². The van der Waals surface area contributed by atoms with Crippen LogP contribution in [-0.2, 0) is 0 Å². The molecule has 1 aromatic heterocycles. The largest absolute Gasteiger partial charge is 0.478 e. The zero-order valence-electron chi connectivity index (χ0n) is 10.1. The van der Waals surface area contributed by atoms with E-state index in [2.05, 4.69) is 10.3 Å². The van der Waals surface area contributed by atoms with Crippen LogP contribution in [0.5, 0.6) is 0 Å². The standard InChI is InChI=1S/C12H13Cl2N3O2/c13-7-5-8(14)16-10(9(7)11(18)19)17-4-3-15-6-12(17)1-2-12/h5,15H,1-4,6H2,(H,18,19). The van der Waals surface area contributed by atoms with Gasteiger partial charge in [-0.25, -0.2) is 9.78 Å². The van der Waals surface area contributed by atoms with Gasteiger partial charge in [0.05, 0.1) is 10.6 Å². The number of carbonyl (C=O) groups is 1. The Balaban J connectivity index is 2.10. The molecule has 1 aromatic rings. The number of hydrogen-bond donors (Lipinski definition) is 2. The molecule has 1 spiro atoms. The number of anilines is 1. The van der Waals surface area contributed by atoms with Gasteiger partial charge in [-0.3, -0.25) is 0 Å². The van der Waals surface area contributed by atoms with Crippen LogP contribution in [0, 0.1) is 0 Å². The number of piperazine rings is 1. The van der Waals surface area contributed by atoms with E-state index in [1.54, 1.807) is 0 Å². The van der Waals surface area contributed by atoms with E-state index >= 15 is 0 Å². The third kappa shape index (κ3) is 2.16. The number of nitrogens with one attached hydrogen (secondary N) is 1. The van der Waals surface area contributed by atoms with E-state index in [9.17, 15) is 9.90 Å². The van der Waals surface area contributed by atoms with Crippen molar-refractivity contribution in [1.29, 1.82) is 0 Å². The number of carboxylic acids is 1. The summed E-state index contributed by atoms with van der Waals surface area (Å²) in [4.78, 5) is 17.7. The van der Waals surface area contributed by atoms with Gasteiger partial charge in [0.1, 0.15) is 16.5 Å². The Morgan fingerprint density at radius 2 is 2.21 bits per heavy atom. The second kappa shape index (κ2) is 4.51. The lowest BCUT2D eigenvalue weighted by molar-refractivity contribution is 0.0697. The Morgan fingerprint density at radius 1 is 1.47 bits per heavy atom. The Morgan fingerprint density at radius 3 is 2.84 bits per heavy atom. The summed E-state index contributed by atoms with van der Waals surface area (Å²) in [7, 11) is 0. The molecule has 0 aromatic carbocycles. The van der Waals surface area contributed by atoms with Crippen LogP contribution in [0.3, 0.4) is 0 Å². The number of aromatic nitrogens is 1. The van der Waals surface area contributed by atoms with Crippen LogP contribution in [0.1, 0.15) is 23.2 Å². The van der Waals surface area contributed by atoms with E-state index in [1.165, 1.54) is 6.07 Å². The maximum Gasteiger partial charge on any atom is 0.341 e. The number of carboxylic acid groups (broad SMARTS) is 1. The predicted octanol–water partition coefficient (Wildman–Crippen LogP) is 2.03. The summed E-state index contributed by atoms with van der Waals surface area (Å²) in [5.74, 6) is -0.678. The summed E-state index contributed by atoms with van der Waals surface area (Å²) < 4.78 is 0. The van der Waals surface area contributed by atoms with Crippen molar-refractivity contribution in [2.24, 2.45) is 0 Å². The monoisotopic (exact) mass is 301 g/mol. The van der Waals surface area contributed by atoms with Gasteiger partial charge in [-0.15, -0.1) is 0 Å². The maximum atomic E-state index is 11.4. The van der Waals surface area contributed by atoms with Crippen LogP contribution in [0.4, 0.5) is 5.82 Å². The fourth-order valence-electron chi connectivity index (χ4n) is 2.63. The fourth-order valence-corrected chi connectivity index (χ4v) is 3.15. The van der Waals surface area contributed by atoms with E-state index in [4.69, 9.17) is 23.2 Å². The summed E-state index contributed by atoms with van der Waals surface area (Å²) in [6, 6.07) is 1.37. The molecule has 7 heteroatoms. The average molecular weight is 302 g/mol. The minimum absolute atomic E-state index is 0.0105. The molecule has 3 rings (SSSR count). The minimum atomic E-state index is -1.07. The zero-order chi connectivity index (χ0) is 13.6. The molecule has 2 heterocycles. The molecule has 19 heavy (non-hydrogen) atoms. The van der Waals surface area contributed by atoms with Gasteiger partial charge in [0, 0.05) is 19.6 Å². The number of halogens is 2. The maximum absolute atomic E-state index is 11.4. The normalized spacial score (nSPS) is 20.6. The van der Waals surface area contributed by atoms with Crippen LogP contribution < -0.4 is 10.2 Å². The number of nitrogens with zero attached hydrogens (tertiary/aromatic N) is 2. The molecule has 1 saturated carbocycles. The molecule has 0 atom stereocenters. The highest BCUT2D eigenvalue weighted by molar-refractivity contribution is 6.36. The van der Waals surface area contributed by atoms with Crippen molar-refractivity contribution in [3.8, 4) is 0 Å². The Hall–Kier alpha value is -1.04. The van der Waals surface area contributed by atoms with Crippen LogP contribution >= 0.6 is 23.2 Å². The highest BCUT2D eigenvalue weighted by Gasteiger charge is 2.50. The van der Waals surface area contributed by atoms with E-state index in [1.807, 2.05) is 4.90 Å². The molecule has 5 nitrogen and oxygen atoms in total. The molecular formula is C12H13Cl2N3O2. The third-order valence-electron chi connectivity index (χ3n) is 3.76. The van der Waals surface area contributed by atoms with E-state index < -0.39 is 5.97 Å². The quantitative estimate of drug-likeness (QED) is 0.818.